The largest absolute Gasteiger partial charge is 0.355 e. The molecule has 0 radical (unpaired) electrons. The molecule has 0 unspecified atom stereocenters. The summed E-state index contributed by atoms with van der Waals surface area (Å²) in [5.74, 6) is -0.259. The molecular formula is C12H17FN2O. The molecule has 16 heavy (non-hydrogen) atoms. The van der Waals surface area contributed by atoms with Gasteiger partial charge in [-0.15, -0.1) is 0 Å². The number of carbonyl (C=O) groups excluding carboxylic acids is 1. The molecule has 0 aromatic heterocycles. The van der Waals surface area contributed by atoms with Crippen LogP contribution in [-0.4, -0.2) is 19.0 Å². The summed E-state index contributed by atoms with van der Waals surface area (Å²) in [5.41, 5.74) is 1.03. The summed E-state index contributed by atoms with van der Waals surface area (Å²) in [6, 6.07) is 6.55. The van der Waals surface area contributed by atoms with Crippen molar-refractivity contribution < 1.29 is 9.18 Å². The molecule has 0 heterocycles. The number of rotatable bonds is 5. The van der Waals surface area contributed by atoms with E-state index in [0.717, 1.165) is 5.56 Å². The van der Waals surface area contributed by atoms with E-state index in [2.05, 4.69) is 10.6 Å². The lowest BCUT2D eigenvalue weighted by molar-refractivity contribution is -0.118. The second kappa shape index (κ2) is 6.23. The Kier molecular flexibility index (Phi) is 4.92. The van der Waals surface area contributed by atoms with Gasteiger partial charge < -0.3 is 10.6 Å². The molecular weight excluding hydrogens is 207 g/mol. The van der Waals surface area contributed by atoms with E-state index in [0.29, 0.717) is 13.1 Å². The molecule has 0 bridgehead atoms. The van der Waals surface area contributed by atoms with Crippen LogP contribution in [-0.2, 0) is 4.79 Å². The van der Waals surface area contributed by atoms with Crippen molar-refractivity contribution in [1.82, 2.24) is 10.6 Å². The Bertz CT molecular complexity index is 337. The van der Waals surface area contributed by atoms with Gasteiger partial charge >= 0.3 is 0 Å². The minimum atomic E-state index is -0.228. The normalized spacial score (nSPS) is 12.2. The van der Waals surface area contributed by atoms with E-state index in [9.17, 15) is 9.18 Å². The Hall–Kier alpha value is -1.42. The second-order valence-corrected chi connectivity index (χ2v) is 3.71. The number of benzene rings is 1. The van der Waals surface area contributed by atoms with Gasteiger partial charge in [-0.05, 0) is 24.6 Å². The van der Waals surface area contributed by atoms with E-state index in [4.69, 9.17) is 0 Å². The topological polar surface area (TPSA) is 41.1 Å². The van der Waals surface area contributed by atoms with E-state index >= 15 is 0 Å². The number of halogens is 1. The van der Waals surface area contributed by atoms with Gasteiger partial charge in [-0.3, -0.25) is 4.79 Å². The van der Waals surface area contributed by atoms with Gasteiger partial charge in [-0.25, -0.2) is 4.39 Å². The Morgan fingerprint density at radius 2 is 1.94 bits per heavy atom. The van der Waals surface area contributed by atoms with Gasteiger partial charge in [0.15, 0.2) is 0 Å². The van der Waals surface area contributed by atoms with Gasteiger partial charge in [-0.2, -0.15) is 0 Å². The van der Waals surface area contributed by atoms with Crippen molar-refractivity contribution in [1.29, 1.82) is 0 Å². The minimum absolute atomic E-state index is 0.0313. The highest BCUT2D eigenvalue weighted by atomic mass is 19.1. The predicted octanol–water partition coefficient (Wildman–Crippen LogP) is 1.61. The maximum atomic E-state index is 12.7. The fourth-order valence-corrected chi connectivity index (χ4v) is 1.40. The van der Waals surface area contributed by atoms with Gasteiger partial charge in [0, 0.05) is 26.1 Å². The van der Waals surface area contributed by atoms with Gasteiger partial charge in [-0.1, -0.05) is 12.1 Å². The molecule has 1 aromatic carbocycles. The second-order valence-electron chi connectivity index (χ2n) is 3.71. The molecule has 0 spiro atoms. The summed E-state index contributed by atoms with van der Waals surface area (Å²) in [4.78, 5) is 10.6. The molecule has 88 valence electrons. The smallest absolute Gasteiger partial charge is 0.216 e. The molecule has 0 saturated carbocycles. The first kappa shape index (κ1) is 12.6. The molecule has 0 aliphatic rings. The third-order valence-electron chi connectivity index (χ3n) is 2.32. The van der Waals surface area contributed by atoms with Crippen LogP contribution in [0.2, 0.25) is 0 Å². The molecule has 2 N–H and O–H groups in total. The van der Waals surface area contributed by atoms with Gasteiger partial charge in [0.1, 0.15) is 5.82 Å². The van der Waals surface area contributed by atoms with Crippen LogP contribution < -0.4 is 10.6 Å². The Morgan fingerprint density at radius 1 is 1.31 bits per heavy atom. The average molecular weight is 224 g/mol. The summed E-state index contributed by atoms with van der Waals surface area (Å²) in [7, 11) is 0. The van der Waals surface area contributed by atoms with Crippen LogP contribution in [0.4, 0.5) is 4.39 Å². The molecule has 0 aliphatic heterocycles. The maximum absolute atomic E-state index is 12.7. The van der Waals surface area contributed by atoms with E-state index in [1.54, 1.807) is 12.1 Å². The number of hydrogen-bond donors (Lipinski definition) is 2. The van der Waals surface area contributed by atoms with Crippen molar-refractivity contribution in [3.8, 4) is 0 Å². The SMILES string of the molecule is CC(=O)NCCN[C@H](C)c1ccc(F)cc1. The monoisotopic (exact) mass is 224 g/mol. The lowest BCUT2D eigenvalue weighted by atomic mass is 10.1. The van der Waals surface area contributed by atoms with Crippen LogP contribution in [0.15, 0.2) is 24.3 Å². The lowest BCUT2D eigenvalue weighted by Gasteiger charge is -2.14. The van der Waals surface area contributed by atoms with Crippen molar-refractivity contribution in [2.45, 2.75) is 19.9 Å². The highest BCUT2D eigenvalue weighted by Gasteiger charge is 2.03. The first-order valence-corrected chi connectivity index (χ1v) is 5.33. The van der Waals surface area contributed by atoms with Crippen LogP contribution in [0.25, 0.3) is 0 Å². The predicted molar refractivity (Wildman–Crippen MR) is 61.5 cm³/mol. The molecule has 1 atom stereocenters. The highest BCUT2D eigenvalue weighted by Crippen LogP contribution is 2.11. The van der Waals surface area contributed by atoms with Gasteiger partial charge in [0.25, 0.3) is 0 Å². The van der Waals surface area contributed by atoms with Gasteiger partial charge in [0.05, 0.1) is 0 Å². The summed E-state index contributed by atoms with van der Waals surface area (Å²) >= 11 is 0. The fraction of sp³-hybridized carbons (Fsp3) is 0.417. The highest BCUT2D eigenvalue weighted by molar-refractivity contribution is 5.72. The zero-order valence-corrected chi connectivity index (χ0v) is 9.59. The molecule has 1 rings (SSSR count). The maximum Gasteiger partial charge on any atom is 0.216 e. The molecule has 3 nitrogen and oxygen atoms in total. The standard InChI is InChI=1S/C12H17FN2O/c1-9(14-7-8-15-10(2)16)11-3-5-12(13)6-4-11/h3-6,9,14H,7-8H2,1-2H3,(H,15,16)/t9-/m1/s1. The van der Waals surface area contributed by atoms with Crippen molar-refractivity contribution >= 4 is 5.91 Å². The van der Waals surface area contributed by atoms with Crippen molar-refractivity contribution in [3.05, 3.63) is 35.6 Å². The van der Waals surface area contributed by atoms with Crippen LogP contribution in [0.3, 0.4) is 0 Å². The summed E-state index contributed by atoms with van der Waals surface area (Å²) in [6.07, 6.45) is 0. The van der Waals surface area contributed by atoms with E-state index < -0.39 is 0 Å². The lowest BCUT2D eigenvalue weighted by Crippen LogP contribution is -2.31. The molecule has 4 heteroatoms. The fourth-order valence-electron chi connectivity index (χ4n) is 1.40. The Morgan fingerprint density at radius 3 is 2.50 bits per heavy atom. The summed E-state index contributed by atoms with van der Waals surface area (Å²) in [6.45, 7) is 4.78. The summed E-state index contributed by atoms with van der Waals surface area (Å²) in [5, 5.41) is 5.94. The van der Waals surface area contributed by atoms with Crippen molar-refractivity contribution in [2.75, 3.05) is 13.1 Å². The van der Waals surface area contributed by atoms with E-state index in [1.807, 2.05) is 6.92 Å². The van der Waals surface area contributed by atoms with Crippen LogP contribution in [0.1, 0.15) is 25.5 Å². The first-order chi connectivity index (χ1) is 7.59. The Labute approximate surface area is 95.0 Å². The van der Waals surface area contributed by atoms with E-state index in [-0.39, 0.29) is 17.8 Å². The van der Waals surface area contributed by atoms with E-state index in [1.165, 1.54) is 19.1 Å². The zero-order valence-electron chi connectivity index (χ0n) is 9.59. The number of hydrogen-bond acceptors (Lipinski definition) is 2. The zero-order chi connectivity index (χ0) is 12.0. The van der Waals surface area contributed by atoms with Crippen molar-refractivity contribution in [3.63, 3.8) is 0 Å². The van der Waals surface area contributed by atoms with Crippen LogP contribution in [0.5, 0.6) is 0 Å². The van der Waals surface area contributed by atoms with Gasteiger partial charge in [0.2, 0.25) is 5.91 Å². The van der Waals surface area contributed by atoms with Crippen LogP contribution >= 0.6 is 0 Å². The number of nitrogens with one attached hydrogen (secondary N) is 2. The molecule has 0 saturated heterocycles. The van der Waals surface area contributed by atoms with Crippen LogP contribution in [0, 0.1) is 5.82 Å². The molecule has 1 amide bonds. The first-order valence-electron chi connectivity index (χ1n) is 5.33. The third kappa shape index (κ3) is 4.40. The summed E-state index contributed by atoms with van der Waals surface area (Å²) < 4.78 is 12.7. The minimum Gasteiger partial charge on any atom is -0.355 e. The number of carbonyl (C=O) groups is 1. The quantitative estimate of drug-likeness (QED) is 0.746. The molecule has 0 aliphatic carbocycles. The molecule has 0 fully saturated rings. The van der Waals surface area contributed by atoms with Crippen molar-refractivity contribution in [2.24, 2.45) is 0 Å². The average Bonchev–Trinajstić information content (AvgIpc) is 2.25. The molecule has 1 aromatic rings. The third-order valence-corrected chi connectivity index (χ3v) is 2.32. The number of amides is 1. The Balaban J connectivity index is 2.32.